The lowest BCUT2D eigenvalue weighted by Crippen LogP contribution is -2.12. The van der Waals surface area contributed by atoms with E-state index in [-0.39, 0.29) is 6.09 Å². The molecule has 0 fully saturated rings. The van der Waals surface area contributed by atoms with Gasteiger partial charge in [0.2, 0.25) is 0 Å². The van der Waals surface area contributed by atoms with Crippen LogP contribution in [0, 0.1) is 0 Å². The van der Waals surface area contributed by atoms with E-state index in [1.54, 1.807) is 12.4 Å². The van der Waals surface area contributed by atoms with E-state index in [1.807, 2.05) is 0 Å². The Kier molecular flexibility index (Phi) is 9.62. The monoisotopic (exact) mass is 280 g/mol. The summed E-state index contributed by atoms with van der Waals surface area (Å²) in [7, 11) is 0. The summed E-state index contributed by atoms with van der Waals surface area (Å²) in [6.07, 6.45) is 17.1. The van der Waals surface area contributed by atoms with Crippen molar-refractivity contribution in [1.82, 2.24) is 9.55 Å². The van der Waals surface area contributed by atoms with Gasteiger partial charge in [-0.15, -0.1) is 0 Å². The fourth-order valence-corrected chi connectivity index (χ4v) is 2.19. The van der Waals surface area contributed by atoms with Crippen LogP contribution in [0.1, 0.15) is 71.1 Å². The van der Waals surface area contributed by atoms with E-state index >= 15 is 0 Å². The van der Waals surface area contributed by atoms with Crippen molar-refractivity contribution in [2.75, 3.05) is 6.61 Å². The maximum Gasteiger partial charge on any atom is 0.419 e. The van der Waals surface area contributed by atoms with Crippen molar-refractivity contribution in [3.8, 4) is 0 Å². The molecule has 1 aromatic rings. The average Bonchev–Trinajstić information content (AvgIpc) is 2.99. The fraction of sp³-hybridized carbons (Fsp3) is 0.750. The lowest BCUT2D eigenvalue weighted by Gasteiger charge is -2.05. The fourth-order valence-electron chi connectivity index (χ4n) is 2.19. The highest BCUT2D eigenvalue weighted by Crippen LogP contribution is 2.10. The summed E-state index contributed by atoms with van der Waals surface area (Å²) in [5, 5.41) is 0. The van der Waals surface area contributed by atoms with Crippen molar-refractivity contribution in [2.45, 2.75) is 71.1 Å². The van der Waals surface area contributed by atoms with Crippen molar-refractivity contribution in [3.63, 3.8) is 0 Å². The van der Waals surface area contributed by atoms with Gasteiger partial charge in [0.1, 0.15) is 6.33 Å². The summed E-state index contributed by atoms with van der Waals surface area (Å²) >= 11 is 0. The minimum Gasteiger partial charge on any atom is -0.449 e. The van der Waals surface area contributed by atoms with E-state index in [4.69, 9.17) is 4.74 Å². The van der Waals surface area contributed by atoms with Crippen LogP contribution in [-0.4, -0.2) is 22.3 Å². The number of hydrogen-bond acceptors (Lipinski definition) is 3. The Morgan fingerprint density at radius 2 is 1.60 bits per heavy atom. The highest BCUT2D eigenvalue weighted by molar-refractivity contribution is 5.69. The molecule has 0 N–H and O–H groups in total. The molecule has 0 aliphatic heterocycles. The molecule has 0 unspecified atom stereocenters. The molecular weight excluding hydrogens is 252 g/mol. The number of aromatic nitrogens is 2. The van der Waals surface area contributed by atoms with Crippen LogP contribution in [0.3, 0.4) is 0 Å². The molecule has 0 aliphatic carbocycles. The minimum absolute atomic E-state index is 0.335. The number of unbranched alkanes of at least 4 members (excludes halogenated alkanes) is 9. The van der Waals surface area contributed by atoms with E-state index in [0.29, 0.717) is 6.61 Å². The van der Waals surface area contributed by atoms with Crippen LogP contribution >= 0.6 is 0 Å². The molecule has 0 saturated carbocycles. The molecule has 1 aromatic heterocycles. The van der Waals surface area contributed by atoms with E-state index in [2.05, 4.69) is 11.9 Å². The van der Waals surface area contributed by atoms with E-state index in [9.17, 15) is 4.79 Å². The van der Waals surface area contributed by atoms with Gasteiger partial charge in [-0.05, 0) is 6.42 Å². The van der Waals surface area contributed by atoms with Crippen LogP contribution in [0.15, 0.2) is 18.7 Å². The van der Waals surface area contributed by atoms with Crippen LogP contribution < -0.4 is 0 Å². The summed E-state index contributed by atoms with van der Waals surface area (Å²) in [6.45, 7) is 2.76. The Balaban J connectivity index is 1.82. The molecule has 0 amide bonds. The summed E-state index contributed by atoms with van der Waals surface area (Å²) < 4.78 is 6.50. The molecule has 0 saturated heterocycles. The molecule has 0 bridgehead atoms. The molecule has 0 spiro atoms. The lowest BCUT2D eigenvalue weighted by atomic mass is 10.1. The largest absolute Gasteiger partial charge is 0.449 e. The third-order valence-electron chi connectivity index (χ3n) is 3.44. The zero-order valence-corrected chi connectivity index (χ0v) is 12.7. The Hall–Kier alpha value is -1.32. The standard InChI is InChI=1S/C16H28N2O2/c1-2-3-4-5-6-7-8-9-10-11-14-20-16(19)18-13-12-17-15-18/h12-13,15H,2-11,14H2,1H3. The highest BCUT2D eigenvalue weighted by atomic mass is 16.5. The summed E-state index contributed by atoms with van der Waals surface area (Å²) in [5.41, 5.74) is 0. The average molecular weight is 280 g/mol. The first-order valence-corrected chi connectivity index (χ1v) is 7.99. The van der Waals surface area contributed by atoms with Gasteiger partial charge in [-0.2, -0.15) is 0 Å². The molecule has 0 radical (unpaired) electrons. The Morgan fingerprint density at radius 1 is 1.00 bits per heavy atom. The second-order valence-electron chi connectivity index (χ2n) is 5.27. The maximum atomic E-state index is 11.5. The third-order valence-corrected chi connectivity index (χ3v) is 3.44. The minimum atomic E-state index is -0.335. The first kappa shape index (κ1) is 16.7. The van der Waals surface area contributed by atoms with Gasteiger partial charge in [-0.3, -0.25) is 0 Å². The van der Waals surface area contributed by atoms with Crippen LogP contribution in [0.25, 0.3) is 0 Å². The SMILES string of the molecule is CCCCCCCCCCCCOC(=O)n1ccnc1. The number of imidazole rings is 1. The van der Waals surface area contributed by atoms with Crippen LogP contribution in [0.5, 0.6) is 0 Å². The smallest absolute Gasteiger partial charge is 0.419 e. The second-order valence-corrected chi connectivity index (χ2v) is 5.27. The van der Waals surface area contributed by atoms with Crippen molar-refractivity contribution < 1.29 is 9.53 Å². The molecule has 0 aromatic carbocycles. The predicted octanol–water partition coefficient (Wildman–Crippen LogP) is 4.79. The van der Waals surface area contributed by atoms with Gasteiger partial charge in [0.05, 0.1) is 6.61 Å². The molecule has 4 heteroatoms. The van der Waals surface area contributed by atoms with Crippen molar-refractivity contribution >= 4 is 6.09 Å². The van der Waals surface area contributed by atoms with E-state index < -0.39 is 0 Å². The third kappa shape index (κ3) is 7.97. The Labute approximate surface area is 122 Å². The van der Waals surface area contributed by atoms with Crippen molar-refractivity contribution in [2.24, 2.45) is 0 Å². The van der Waals surface area contributed by atoms with Gasteiger partial charge in [0, 0.05) is 12.4 Å². The topological polar surface area (TPSA) is 44.1 Å². The lowest BCUT2D eigenvalue weighted by molar-refractivity contribution is 0.145. The number of carbonyl (C=O) groups is 1. The zero-order chi connectivity index (χ0) is 14.5. The number of carbonyl (C=O) groups excluding carboxylic acids is 1. The highest BCUT2D eigenvalue weighted by Gasteiger charge is 2.03. The Bertz CT molecular complexity index is 336. The summed E-state index contributed by atoms with van der Waals surface area (Å²) in [6, 6.07) is 0. The van der Waals surface area contributed by atoms with Crippen molar-refractivity contribution in [3.05, 3.63) is 18.7 Å². The normalized spacial score (nSPS) is 10.7. The summed E-state index contributed by atoms with van der Waals surface area (Å²) in [5.74, 6) is 0. The Morgan fingerprint density at radius 3 is 2.15 bits per heavy atom. The maximum absolute atomic E-state index is 11.5. The molecule has 4 nitrogen and oxygen atoms in total. The summed E-state index contributed by atoms with van der Waals surface area (Å²) in [4.78, 5) is 15.3. The quantitative estimate of drug-likeness (QED) is 0.547. The van der Waals surface area contributed by atoms with Gasteiger partial charge in [0.15, 0.2) is 0 Å². The van der Waals surface area contributed by atoms with Gasteiger partial charge in [-0.1, -0.05) is 64.7 Å². The molecule has 0 atom stereocenters. The molecule has 0 aliphatic rings. The molecule has 1 rings (SSSR count). The first-order chi connectivity index (χ1) is 9.84. The first-order valence-electron chi connectivity index (χ1n) is 7.99. The van der Waals surface area contributed by atoms with Crippen LogP contribution in [0.4, 0.5) is 4.79 Å². The van der Waals surface area contributed by atoms with Gasteiger partial charge >= 0.3 is 6.09 Å². The van der Waals surface area contributed by atoms with Gasteiger partial charge in [0.25, 0.3) is 0 Å². The molecule has 20 heavy (non-hydrogen) atoms. The number of rotatable bonds is 11. The molecule has 1 heterocycles. The number of ether oxygens (including phenoxy) is 1. The molecule has 114 valence electrons. The predicted molar refractivity (Wildman–Crippen MR) is 80.8 cm³/mol. The van der Waals surface area contributed by atoms with Crippen LogP contribution in [0.2, 0.25) is 0 Å². The number of nitrogens with zero attached hydrogens (tertiary/aromatic N) is 2. The van der Waals surface area contributed by atoms with Crippen molar-refractivity contribution in [1.29, 1.82) is 0 Å². The van der Waals surface area contributed by atoms with E-state index in [0.717, 1.165) is 12.8 Å². The second kappa shape index (κ2) is 11.5. The van der Waals surface area contributed by atoms with Gasteiger partial charge in [-0.25, -0.2) is 14.3 Å². The number of hydrogen-bond donors (Lipinski definition) is 0. The van der Waals surface area contributed by atoms with Gasteiger partial charge < -0.3 is 4.74 Å². The zero-order valence-electron chi connectivity index (χ0n) is 12.7. The van der Waals surface area contributed by atoms with E-state index in [1.165, 1.54) is 62.3 Å². The van der Waals surface area contributed by atoms with Crippen LogP contribution in [-0.2, 0) is 4.74 Å². The molecular formula is C16H28N2O2.